The Hall–Kier alpha value is -3.12. The van der Waals surface area contributed by atoms with Crippen molar-refractivity contribution in [2.24, 2.45) is 7.05 Å². The van der Waals surface area contributed by atoms with Crippen LogP contribution in [0.15, 0.2) is 66.3 Å². The Morgan fingerprint density at radius 3 is 2.65 bits per heavy atom. The van der Waals surface area contributed by atoms with E-state index < -0.39 is 0 Å². The van der Waals surface area contributed by atoms with Crippen LogP contribution in [0.1, 0.15) is 16.1 Å². The van der Waals surface area contributed by atoms with Crippen LogP contribution >= 0.6 is 11.3 Å². The number of nitrogens with zero attached hydrogens (tertiary/aromatic N) is 2. The fourth-order valence-corrected chi connectivity index (χ4v) is 3.60. The fourth-order valence-electron chi connectivity index (χ4n) is 2.75. The van der Waals surface area contributed by atoms with Gasteiger partial charge in [-0.25, -0.2) is 0 Å². The first kappa shape index (κ1) is 16.4. The largest absolute Gasteiger partial charge is 0.489 e. The molecule has 0 saturated heterocycles. The number of ether oxygens (including phenoxy) is 1. The van der Waals surface area contributed by atoms with E-state index in [1.165, 1.54) is 0 Å². The van der Waals surface area contributed by atoms with Crippen molar-refractivity contribution in [3.05, 3.63) is 77.6 Å². The Kier molecular flexibility index (Phi) is 4.41. The summed E-state index contributed by atoms with van der Waals surface area (Å²) < 4.78 is 8.72. The summed E-state index contributed by atoms with van der Waals surface area (Å²) >= 11 is 1.63. The number of hydrogen-bond donors (Lipinski definition) is 1. The molecule has 1 aromatic carbocycles. The van der Waals surface area contributed by atoms with Crippen molar-refractivity contribution in [1.29, 1.82) is 0 Å². The zero-order chi connectivity index (χ0) is 17.9. The number of aryl methyl sites for hydroxylation is 1. The van der Waals surface area contributed by atoms with Gasteiger partial charge in [0.2, 0.25) is 0 Å². The summed E-state index contributed by atoms with van der Waals surface area (Å²) in [5, 5.41) is 4.97. The lowest BCUT2D eigenvalue weighted by atomic mass is 10.2. The van der Waals surface area contributed by atoms with Crippen LogP contribution in [0.5, 0.6) is 5.75 Å². The highest BCUT2D eigenvalue weighted by Crippen LogP contribution is 2.24. The highest BCUT2D eigenvalue weighted by molar-refractivity contribution is 7.17. The normalized spacial score (nSPS) is 10.8. The van der Waals surface area contributed by atoms with Crippen molar-refractivity contribution in [2.45, 2.75) is 6.61 Å². The third-order valence-electron chi connectivity index (χ3n) is 4.16. The first-order chi connectivity index (χ1) is 12.7. The zero-order valence-electron chi connectivity index (χ0n) is 14.2. The molecule has 3 aromatic heterocycles. The molecule has 0 spiro atoms. The standard InChI is InChI=1S/C20H17N3O2S/c1-23-17-8-11-26-19(17)12-18(23)20(24)22-15-4-2-14(3-5-15)13-25-16-6-9-21-10-7-16/h2-12H,13H2,1H3,(H,22,24). The van der Waals surface area contributed by atoms with E-state index in [2.05, 4.69) is 10.3 Å². The van der Waals surface area contributed by atoms with Gasteiger partial charge < -0.3 is 14.6 Å². The second kappa shape index (κ2) is 7.01. The van der Waals surface area contributed by atoms with Crippen LogP contribution in [-0.2, 0) is 13.7 Å². The predicted octanol–water partition coefficient (Wildman–Crippen LogP) is 4.47. The highest BCUT2D eigenvalue weighted by Gasteiger charge is 2.14. The van der Waals surface area contributed by atoms with E-state index in [9.17, 15) is 4.79 Å². The number of pyridine rings is 1. The molecule has 0 unspecified atom stereocenters. The van der Waals surface area contributed by atoms with Gasteiger partial charge in [-0.3, -0.25) is 9.78 Å². The van der Waals surface area contributed by atoms with Crippen LogP contribution in [0, 0.1) is 0 Å². The minimum atomic E-state index is -0.114. The van der Waals surface area contributed by atoms with E-state index in [0.717, 1.165) is 27.2 Å². The number of carbonyl (C=O) groups excluding carboxylic acids is 1. The molecule has 6 heteroatoms. The van der Waals surface area contributed by atoms with E-state index in [1.54, 1.807) is 23.7 Å². The number of hydrogen-bond acceptors (Lipinski definition) is 4. The molecule has 0 saturated carbocycles. The van der Waals surface area contributed by atoms with Gasteiger partial charge in [-0.15, -0.1) is 11.3 Å². The molecule has 26 heavy (non-hydrogen) atoms. The Balaban J connectivity index is 1.41. The van der Waals surface area contributed by atoms with Crippen molar-refractivity contribution < 1.29 is 9.53 Å². The maximum Gasteiger partial charge on any atom is 0.272 e. The summed E-state index contributed by atoms with van der Waals surface area (Å²) in [5.41, 5.74) is 3.51. The molecule has 0 radical (unpaired) electrons. The van der Waals surface area contributed by atoms with Gasteiger partial charge in [0.15, 0.2) is 0 Å². The lowest BCUT2D eigenvalue weighted by Gasteiger charge is -2.09. The van der Waals surface area contributed by atoms with Crippen LogP contribution in [0.2, 0.25) is 0 Å². The van der Waals surface area contributed by atoms with Crippen LogP contribution in [0.25, 0.3) is 10.2 Å². The van der Waals surface area contributed by atoms with E-state index in [4.69, 9.17) is 4.74 Å². The van der Waals surface area contributed by atoms with E-state index in [0.29, 0.717) is 12.3 Å². The minimum absolute atomic E-state index is 0.114. The van der Waals surface area contributed by atoms with Crippen LogP contribution in [0.3, 0.4) is 0 Å². The van der Waals surface area contributed by atoms with E-state index in [-0.39, 0.29) is 5.91 Å². The molecule has 0 aliphatic rings. The number of nitrogens with one attached hydrogen (secondary N) is 1. The molecule has 0 aliphatic carbocycles. The molecule has 1 N–H and O–H groups in total. The topological polar surface area (TPSA) is 56.2 Å². The average molecular weight is 363 g/mol. The predicted molar refractivity (Wildman–Crippen MR) is 104 cm³/mol. The number of rotatable bonds is 5. The molecule has 4 rings (SSSR count). The summed E-state index contributed by atoms with van der Waals surface area (Å²) in [6.45, 7) is 0.465. The summed E-state index contributed by atoms with van der Waals surface area (Å²) in [7, 11) is 1.91. The molecule has 0 aliphatic heterocycles. The summed E-state index contributed by atoms with van der Waals surface area (Å²) in [5.74, 6) is 0.665. The molecule has 0 bridgehead atoms. The number of amides is 1. The van der Waals surface area contributed by atoms with Gasteiger partial charge in [0.05, 0.1) is 10.2 Å². The molecule has 0 atom stereocenters. The Bertz CT molecular complexity index is 1040. The monoisotopic (exact) mass is 363 g/mol. The summed E-state index contributed by atoms with van der Waals surface area (Å²) in [6, 6.07) is 15.2. The first-order valence-electron chi connectivity index (χ1n) is 8.17. The third kappa shape index (κ3) is 3.32. The smallest absolute Gasteiger partial charge is 0.272 e. The SMILES string of the molecule is Cn1c(C(=O)Nc2ccc(COc3ccncc3)cc2)cc2sccc21. The molecule has 0 fully saturated rings. The molecule has 3 heterocycles. The highest BCUT2D eigenvalue weighted by atomic mass is 32.1. The van der Waals surface area contributed by atoms with Gasteiger partial charge in [0, 0.05) is 25.1 Å². The zero-order valence-corrected chi connectivity index (χ0v) is 15.0. The van der Waals surface area contributed by atoms with Gasteiger partial charge in [0.1, 0.15) is 18.1 Å². The van der Waals surface area contributed by atoms with Crippen LogP contribution < -0.4 is 10.1 Å². The third-order valence-corrected chi connectivity index (χ3v) is 5.02. The Labute approximate surface area is 154 Å². The van der Waals surface area contributed by atoms with E-state index >= 15 is 0 Å². The molecular weight excluding hydrogens is 346 g/mol. The van der Waals surface area contributed by atoms with Crippen molar-refractivity contribution in [3.8, 4) is 5.75 Å². The summed E-state index contributed by atoms with van der Waals surface area (Å²) in [6.07, 6.45) is 3.39. The number of anilines is 1. The van der Waals surface area contributed by atoms with Crippen molar-refractivity contribution >= 4 is 33.1 Å². The number of benzene rings is 1. The van der Waals surface area contributed by atoms with Crippen LogP contribution in [0.4, 0.5) is 5.69 Å². The number of fused-ring (bicyclic) bond motifs is 1. The summed E-state index contributed by atoms with van der Waals surface area (Å²) in [4.78, 5) is 16.5. The lowest BCUT2D eigenvalue weighted by Crippen LogP contribution is -2.15. The first-order valence-corrected chi connectivity index (χ1v) is 9.05. The number of aromatic nitrogens is 2. The second-order valence-corrected chi connectivity index (χ2v) is 6.83. The van der Waals surface area contributed by atoms with Crippen molar-refractivity contribution in [3.63, 3.8) is 0 Å². The average Bonchev–Trinajstić information content (AvgIpc) is 3.25. The maximum absolute atomic E-state index is 12.5. The molecule has 4 aromatic rings. The van der Waals surface area contributed by atoms with Crippen molar-refractivity contribution in [1.82, 2.24) is 9.55 Å². The molecule has 5 nitrogen and oxygen atoms in total. The Morgan fingerprint density at radius 2 is 1.92 bits per heavy atom. The fraction of sp³-hybridized carbons (Fsp3) is 0.100. The van der Waals surface area contributed by atoms with Gasteiger partial charge in [-0.2, -0.15) is 0 Å². The molecular formula is C20H17N3O2S. The lowest BCUT2D eigenvalue weighted by molar-refractivity contribution is 0.102. The Morgan fingerprint density at radius 1 is 1.15 bits per heavy atom. The van der Waals surface area contributed by atoms with Gasteiger partial charge >= 0.3 is 0 Å². The number of thiophene rings is 1. The quantitative estimate of drug-likeness (QED) is 0.569. The molecule has 130 valence electrons. The van der Waals surface area contributed by atoms with E-state index in [1.807, 2.05) is 65.5 Å². The van der Waals surface area contributed by atoms with Gasteiger partial charge in [0.25, 0.3) is 5.91 Å². The van der Waals surface area contributed by atoms with Gasteiger partial charge in [-0.05, 0) is 47.3 Å². The minimum Gasteiger partial charge on any atom is -0.489 e. The number of carbonyl (C=O) groups is 1. The van der Waals surface area contributed by atoms with Gasteiger partial charge in [-0.1, -0.05) is 12.1 Å². The maximum atomic E-state index is 12.5. The second-order valence-electron chi connectivity index (χ2n) is 5.88. The molecule has 1 amide bonds. The van der Waals surface area contributed by atoms with Crippen LogP contribution in [-0.4, -0.2) is 15.5 Å². The van der Waals surface area contributed by atoms with Crippen molar-refractivity contribution in [2.75, 3.05) is 5.32 Å².